The molecule has 1 atom stereocenters. The molecule has 3 nitrogen and oxygen atoms in total. The molecule has 0 amide bonds. The normalized spacial score (nSPS) is 17.8. The summed E-state index contributed by atoms with van der Waals surface area (Å²) in [7, 11) is 0. The number of thiazole rings is 1. The lowest BCUT2D eigenvalue weighted by molar-refractivity contribution is 0.718. The van der Waals surface area contributed by atoms with Gasteiger partial charge in [0.25, 0.3) is 0 Å². The number of benzene rings is 1. The first kappa shape index (κ1) is 13.7. The molecule has 0 spiro atoms. The molecule has 1 aromatic carbocycles. The Morgan fingerprint density at radius 3 is 2.64 bits per heavy atom. The SMILES string of the molecule is Cc1csc(N2N=C(c3ccccc3)CC2c2cccs2)n1. The van der Waals surface area contributed by atoms with Crippen molar-refractivity contribution in [2.75, 3.05) is 5.01 Å². The summed E-state index contributed by atoms with van der Waals surface area (Å²) >= 11 is 3.44. The van der Waals surface area contributed by atoms with Crippen LogP contribution in [-0.4, -0.2) is 10.7 Å². The Morgan fingerprint density at radius 1 is 1.09 bits per heavy atom. The Bertz CT molecular complexity index is 790. The average Bonchev–Trinajstić information content (AvgIpc) is 3.27. The fourth-order valence-electron chi connectivity index (χ4n) is 2.64. The maximum Gasteiger partial charge on any atom is 0.206 e. The molecule has 0 bridgehead atoms. The first-order chi connectivity index (χ1) is 10.8. The van der Waals surface area contributed by atoms with Gasteiger partial charge >= 0.3 is 0 Å². The van der Waals surface area contributed by atoms with Gasteiger partial charge in [-0.25, -0.2) is 9.99 Å². The minimum atomic E-state index is 0.251. The fourth-order valence-corrected chi connectivity index (χ4v) is 4.25. The minimum Gasteiger partial charge on any atom is -0.230 e. The topological polar surface area (TPSA) is 28.5 Å². The van der Waals surface area contributed by atoms with Crippen molar-refractivity contribution in [1.29, 1.82) is 0 Å². The lowest BCUT2D eigenvalue weighted by atomic mass is 10.0. The van der Waals surface area contributed by atoms with Crippen LogP contribution in [0.25, 0.3) is 0 Å². The molecule has 4 rings (SSSR count). The Balaban J connectivity index is 1.74. The summed E-state index contributed by atoms with van der Waals surface area (Å²) in [4.78, 5) is 5.96. The Kier molecular flexibility index (Phi) is 3.52. The van der Waals surface area contributed by atoms with Crippen LogP contribution in [0.4, 0.5) is 5.13 Å². The Hall–Kier alpha value is -1.98. The van der Waals surface area contributed by atoms with E-state index < -0.39 is 0 Å². The van der Waals surface area contributed by atoms with Crippen LogP contribution in [0.3, 0.4) is 0 Å². The molecule has 0 aliphatic carbocycles. The highest BCUT2D eigenvalue weighted by Gasteiger charge is 2.31. The van der Waals surface area contributed by atoms with E-state index >= 15 is 0 Å². The van der Waals surface area contributed by atoms with Gasteiger partial charge in [-0.3, -0.25) is 0 Å². The molecule has 0 radical (unpaired) electrons. The highest BCUT2D eigenvalue weighted by molar-refractivity contribution is 7.13. The van der Waals surface area contributed by atoms with E-state index in [4.69, 9.17) is 5.10 Å². The summed E-state index contributed by atoms with van der Waals surface area (Å²) < 4.78 is 0. The zero-order valence-corrected chi connectivity index (χ0v) is 13.8. The van der Waals surface area contributed by atoms with Gasteiger partial charge in [-0.15, -0.1) is 22.7 Å². The van der Waals surface area contributed by atoms with Gasteiger partial charge in [0.1, 0.15) is 0 Å². The number of rotatable bonds is 3. The van der Waals surface area contributed by atoms with Crippen molar-refractivity contribution in [3.05, 3.63) is 69.4 Å². The zero-order chi connectivity index (χ0) is 14.9. The first-order valence-corrected chi connectivity index (χ1v) is 8.95. The molecule has 0 fully saturated rings. The monoisotopic (exact) mass is 325 g/mol. The van der Waals surface area contributed by atoms with Crippen molar-refractivity contribution in [2.45, 2.75) is 19.4 Å². The third kappa shape index (κ3) is 2.46. The highest BCUT2D eigenvalue weighted by Crippen LogP contribution is 2.39. The van der Waals surface area contributed by atoms with Gasteiger partial charge in [0.05, 0.1) is 17.4 Å². The van der Waals surface area contributed by atoms with E-state index in [0.29, 0.717) is 0 Å². The van der Waals surface area contributed by atoms with Crippen LogP contribution in [0.15, 0.2) is 58.3 Å². The largest absolute Gasteiger partial charge is 0.230 e. The predicted molar refractivity (Wildman–Crippen MR) is 94.0 cm³/mol. The van der Waals surface area contributed by atoms with E-state index in [-0.39, 0.29) is 6.04 Å². The Morgan fingerprint density at radius 2 is 1.95 bits per heavy atom. The summed E-state index contributed by atoms with van der Waals surface area (Å²) in [6.45, 7) is 2.03. The summed E-state index contributed by atoms with van der Waals surface area (Å²) in [5.41, 5.74) is 3.37. The molecule has 1 aliphatic heterocycles. The number of aromatic nitrogens is 1. The van der Waals surface area contributed by atoms with Crippen LogP contribution in [0.2, 0.25) is 0 Å². The third-order valence-corrected chi connectivity index (χ3v) is 5.61. The van der Waals surface area contributed by atoms with E-state index in [1.54, 1.807) is 22.7 Å². The first-order valence-electron chi connectivity index (χ1n) is 7.19. The molecular formula is C17H15N3S2. The molecule has 22 heavy (non-hydrogen) atoms. The molecule has 1 unspecified atom stereocenters. The van der Waals surface area contributed by atoms with Gasteiger partial charge in [-0.2, -0.15) is 5.10 Å². The second-order valence-electron chi connectivity index (χ2n) is 5.26. The summed E-state index contributed by atoms with van der Waals surface area (Å²) in [5.74, 6) is 0. The number of thiophene rings is 1. The van der Waals surface area contributed by atoms with Crippen molar-refractivity contribution < 1.29 is 0 Å². The molecule has 3 heterocycles. The number of hydrogen-bond acceptors (Lipinski definition) is 5. The number of hydrazone groups is 1. The lowest BCUT2D eigenvalue weighted by Gasteiger charge is -2.19. The van der Waals surface area contributed by atoms with Crippen LogP contribution >= 0.6 is 22.7 Å². The molecule has 1 aliphatic rings. The second kappa shape index (κ2) is 5.66. The quantitative estimate of drug-likeness (QED) is 0.687. The molecule has 5 heteroatoms. The van der Waals surface area contributed by atoms with Crippen LogP contribution in [0.5, 0.6) is 0 Å². The summed E-state index contributed by atoms with van der Waals surface area (Å²) in [6.07, 6.45) is 0.920. The molecule has 2 aromatic heterocycles. The van der Waals surface area contributed by atoms with E-state index in [1.165, 1.54) is 10.4 Å². The van der Waals surface area contributed by atoms with Crippen LogP contribution < -0.4 is 5.01 Å². The molecule has 0 N–H and O–H groups in total. The van der Waals surface area contributed by atoms with Gasteiger partial charge in [-0.1, -0.05) is 36.4 Å². The highest BCUT2D eigenvalue weighted by atomic mass is 32.1. The van der Waals surface area contributed by atoms with E-state index in [2.05, 4.69) is 57.2 Å². The Labute approximate surface area is 137 Å². The molecule has 110 valence electrons. The van der Waals surface area contributed by atoms with E-state index in [0.717, 1.165) is 23.0 Å². The molecular weight excluding hydrogens is 310 g/mol. The summed E-state index contributed by atoms with van der Waals surface area (Å²) in [5, 5.41) is 12.2. The van der Waals surface area contributed by atoms with Crippen molar-refractivity contribution in [3.8, 4) is 0 Å². The van der Waals surface area contributed by atoms with Gasteiger partial charge in [0.2, 0.25) is 5.13 Å². The van der Waals surface area contributed by atoms with E-state index in [9.17, 15) is 0 Å². The molecule has 3 aromatic rings. The van der Waals surface area contributed by atoms with Crippen LogP contribution in [0.1, 0.15) is 28.6 Å². The average molecular weight is 325 g/mol. The minimum absolute atomic E-state index is 0.251. The third-order valence-electron chi connectivity index (χ3n) is 3.69. The zero-order valence-electron chi connectivity index (χ0n) is 12.1. The number of nitrogens with zero attached hydrogens (tertiary/aromatic N) is 3. The van der Waals surface area contributed by atoms with Crippen molar-refractivity contribution in [1.82, 2.24) is 4.98 Å². The molecule has 0 saturated heterocycles. The number of hydrogen-bond donors (Lipinski definition) is 0. The van der Waals surface area contributed by atoms with Gasteiger partial charge < -0.3 is 0 Å². The maximum absolute atomic E-state index is 4.88. The van der Waals surface area contributed by atoms with Crippen molar-refractivity contribution in [2.24, 2.45) is 5.10 Å². The molecule has 0 saturated carbocycles. The summed E-state index contributed by atoms with van der Waals surface area (Å²) in [6, 6.07) is 15.0. The maximum atomic E-state index is 4.88. The smallest absolute Gasteiger partial charge is 0.206 e. The van der Waals surface area contributed by atoms with E-state index in [1.807, 2.05) is 13.0 Å². The number of aryl methyl sites for hydroxylation is 1. The fraction of sp³-hybridized carbons (Fsp3) is 0.176. The standard InChI is InChI=1S/C17H15N3S2/c1-12-11-22-17(18-12)20-15(16-8-5-9-21-16)10-14(19-20)13-6-3-2-4-7-13/h2-9,11,15H,10H2,1H3. The van der Waals surface area contributed by atoms with Gasteiger partial charge in [0.15, 0.2) is 0 Å². The predicted octanol–water partition coefficient (Wildman–Crippen LogP) is 4.87. The number of anilines is 1. The van der Waals surface area contributed by atoms with Crippen molar-refractivity contribution >= 4 is 33.5 Å². The van der Waals surface area contributed by atoms with Gasteiger partial charge in [0, 0.05) is 16.7 Å². The second-order valence-corrected chi connectivity index (χ2v) is 7.08. The van der Waals surface area contributed by atoms with Crippen molar-refractivity contribution in [3.63, 3.8) is 0 Å². The van der Waals surface area contributed by atoms with Crippen LogP contribution in [-0.2, 0) is 0 Å². The lowest BCUT2D eigenvalue weighted by Crippen LogP contribution is -2.17. The van der Waals surface area contributed by atoms with Crippen LogP contribution in [0, 0.1) is 6.92 Å². The van der Waals surface area contributed by atoms with Gasteiger partial charge in [-0.05, 0) is 23.9 Å².